The first-order valence-electron chi connectivity index (χ1n) is 6.39. The summed E-state index contributed by atoms with van der Waals surface area (Å²) in [6.45, 7) is 0. The summed E-state index contributed by atoms with van der Waals surface area (Å²) in [4.78, 5) is 0.176. The summed E-state index contributed by atoms with van der Waals surface area (Å²) < 4.78 is 27.2. The van der Waals surface area contributed by atoms with Crippen LogP contribution in [0.1, 0.15) is 5.56 Å². The molecule has 0 heterocycles. The molecule has 2 aromatic rings. The molecule has 21 heavy (non-hydrogen) atoms. The molecular formula is C15H15Cl2NO2S. The monoisotopic (exact) mass is 343 g/mol. The minimum Gasteiger partial charge on any atom is -0.207 e. The lowest BCUT2D eigenvalue weighted by atomic mass is 10.1. The summed E-state index contributed by atoms with van der Waals surface area (Å²) in [5.74, 6) is 0.196. The molecule has 0 radical (unpaired) electrons. The number of hydrogen-bond acceptors (Lipinski definition) is 2. The third kappa shape index (κ3) is 4.71. The Balaban J connectivity index is 2.12. The van der Waals surface area contributed by atoms with Crippen molar-refractivity contribution in [3.63, 3.8) is 0 Å². The Morgan fingerprint density at radius 2 is 1.62 bits per heavy atom. The van der Waals surface area contributed by atoms with Gasteiger partial charge in [0.25, 0.3) is 0 Å². The molecule has 0 saturated heterocycles. The van der Waals surface area contributed by atoms with Crippen LogP contribution in [-0.2, 0) is 16.4 Å². The summed E-state index contributed by atoms with van der Waals surface area (Å²) in [5.41, 5.74) is 1.03. The minimum absolute atomic E-state index is 0.176. The van der Waals surface area contributed by atoms with Crippen molar-refractivity contribution in [1.29, 1.82) is 0 Å². The molecule has 0 spiro atoms. The maximum Gasteiger partial charge on any atom is 0.240 e. The van der Waals surface area contributed by atoms with E-state index in [0.717, 1.165) is 5.56 Å². The topological polar surface area (TPSA) is 46.2 Å². The predicted octanol–water partition coefficient (Wildman–Crippen LogP) is 3.47. The number of benzene rings is 2. The minimum atomic E-state index is -3.60. The number of rotatable bonds is 6. The molecule has 6 heteroatoms. The van der Waals surface area contributed by atoms with Gasteiger partial charge in [-0.3, -0.25) is 0 Å². The van der Waals surface area contributed by atoms with Crippen LogP contribution in [0.25, 0.3) is 0 Å². The van der Waals surface area contributed by atoms with Crippen LogP contribution < -0.4 is 4.72 Å². The van der Waals surface area contributed by atoms with Crippen LogP contribution in [0.4, 0.5) is 0 Å². The highest BCUT2D eigenvalue weighted by molar-refractivity contribution is 7.89. The maximum absolute atomic E-state index is 12.3. The summed E-state index contributed by atoms with van der Waals surface area (Å²) in [7, 11) is -3.60. The van der Waals surface area contributed by atoms with Gasteiger partial charge in [0.05, 0.1) is 4.90 Å². The van der Waals surface area contributed by atoms with Gasteiger partial charge in [-0.1, -0.05) is 41.9 Å². The van der Waals surface area contributed by atoms with Crippen molar-refractivity contribution in [3.05, 3.63) is 65.2 Å². The standard InChI is InChI=1S/C15H15Cl2NO2S/c16-11-14(10-12-4-2-1-3-5-12)18-21(19,20)15-8-6-13(17)7-9-15/h1-9,14,18H,10-11H2. The van der Waals surface area contributed by atoms with Gasteiger partial charge < -0.3 is 0 Å². The highest BCUT2D eigenvalue weighted by atomic mass is 35.5. The van der Waals surface area contributed by atoms with E-state index in [2.05, 4.69) is 4.72 Å². The zero-order chi connectivity index (χ0) is 15.3. The molecule has 0 amide bonds. The van der Waals surface area contributed by atoms with E-state index >= 15 is 0 Å². The third-order valence-electron chi connectivity index (χ3n) is 2.96. The SMILES string of the molecule is O=S(=O)(NC(CCl)Cc1ccccc1)c1ccc(Cl)cc1. The fourth-order valence-electron chi connectivity index (χ4n) is 1.93. The summed E-state index contributed by atoms with van der Waals surface area (Å²) >= 11 is 11.7. The van der Waals surface area contributed by atoms with Crippen LogP contribution in [0.2, 0.25) is 5.02 Å². The van der Waals surface area contributed by atoms with E-state index in [1.165, 1.54) is 12.1 Å². The van der Waals surface area contributed by atoms with E-state index < -0.39 is 10.0 Å². The van der Waals surface area contributed by atoms with Crippen LogP contribution in [-0.4, -0.2) is 20.3 Å². The highest BCUT2D eigenvalue weighted by Crippen LogP contribution is 2.15. The normalized spacial score (nSPS) is 13.0. The van der Waals surface area contributed by atoms with Crippen molar-refractivity contribution in [2.24, 2.45) is 0 Å². The zero-order valence-corrected chi connectivity index (χ0v) is 13.5. The molecule has 2 rings (SSSR count). The van der Waals surface area contributed by atoms with E-state index in [-0.39, 0.29) is 16.8 Å². The van der Waals surface area contributed by atoms with Crippen LogP contribution in [0.3, 0.4) is 0 Å². The van der Waals surface area contributed by atoms with Crippen LogP contribution in [0.15, 0.2) is 59.5 Å². The molecule has 0 saturated carbocycles. The van der Waals surface area contributed by atoms with Gasteiger partial charge in [-0.15, -0.1) is 11.6 Å². The number of halogens is 2. The predicted molar refractivity (Wildman–Crippen MR) is 86.4 cm³/mol. The second-order valence-corrected chi connectivity index (χ2v) is 7.08. The Bertz CT molecular complexity index is 673. The Labute approximate surface area is 135 Å². The first-order chi connectivity index (χ1) is 10.0. The Morgan fingerprint density at radius 3 is 2.19 bits per heavy atom. The van der Waals surface area contributed by atoms with Crippen molar-refractivity contribution < 1.29 is 8.42 Å². The van der Waals surface area contributed by atoms with Crippen molar-refractivity contribution in [3.8, 4) is 0 Å². The van der Waals surface area contributed by atoms with Gasteiger partial charge >= 0.3 is 0 Å². The lowest BCUT2D eigenvalue weighted by molar-refractivity contribution is 0.561. The Hall–Kier alpha value is -1.07. The summed E-state index contributed by atoms with van der Waals surface area (Å²) in [6.07, 6.45) is 0.539. The van der Waals surface area contributed by atoms with Crippen LogP contribution in [0.5, 0.6) is 0 Å². The van der Waals surface area contributed by atoms with Crippen LogP contribution >= 0.6 is 23.2 Å². The molecule has 3 nitrogen and oxygen atoms in total. The molecule has 0 bridgehead atoms. The average Bonchev–Trinajstić information content (AvgIpc) is 2.48. The highest BCUT2D eigenvalue weighted by Gasteiger charge is 2.19. The van der Waals surface area contributed by atoms with Crippen molar-refractivity contribution in [2.75, 3.05) is 5.88 Å². The fraction of sp³-hybridized carbons (Fsp3) is 0.200. The van der Waals surface area contributed by atoms with Gasteiger partial charge in [-0.25, -0.2) is 13.1 Å². The third-order valence-corrected chi connectivity index (χ3v) is 5.12. The van der Waals surface area contributed by atoms with Gasteiger partial charge in [-0.2, -0.15) is 0 Å². The quantitative estimate of drug-likeness (QED) is 0.816. The molecule has 0 aliphatic carbocycles. The molecule has 2 aromatic carbocycles. The van der Waals surface area contributed by atoms with E-state index in [0.29, 0.717) is 11.4 Å². The maximum atomic E-state index is 12.3. The van der Waals surface area contributed by atoms with E-state index in [1.807, 2.05) is 30.3 Å². The lowest BCUT2D eigenvalue weighted by Gasteiger charge is -2.16. The van der Waals surface area contributed by atoms with E-state index in [9.17, 15) is 8.42 Å². The molecule has 0 aliphatic heterocycles. The van der Waals surface area contributed by atoms with Crippen molar-refractivity contribution in [1.82, 2.24) is 4.72 Å². The van der Waals surface area contributed by atoms with Crippen molar-refractivity contribution in [2.45, 2.75) is 17.4 Å². The molecule has 112 valence electrons. The summed E-state index contributed by atoms with van der Waals surface area (Å²) in [5, 5.41) is 0.493. The Kier molecular flexibility index (Phi) is 5.65. The smallest absolute Gasteiger partial charge is 0.207 e. The molecule has 1 N–H and O–H groups in total. The van der Waals surface area contributed by atoms with E-state index in [4.69, 9.17) is 23.2 Å². The molecule has 0 aliphatic rings. The van der Waals surface area contributed by atoms with Gasteiger partial charge in [0.1, 0.15) is 0 Å². The number of nitrogens with one attached hydrogen (secondary N) is 1. The van der Waals surface area contributed by atoms with Gasteiger partial charge in [0.15, 0.2) is 0 Å². The molecule has 1 atom stereocenters. The molecular weight excluding hydrogens is 329 g/mol. The second-order valence-electron chi connectivity index (χ2n) is 4.62. The van der Waals surface area contributed by atoms with Crippen molar-refractivity contribution >= 4 is 33.2 Å². The number of sulfonamides is 1. The zero-order valence-electron chi connectivity index (χ0n) is 11.2. The largest absolute Gasteiger partial charge is 0.240 e. The fourth-order valence-corrected chi connectivity index (χ4v) is 3.57. The summed E-state index contributed by atoms with van der Waals surface area (Å²) in [6, 6.07) is 15.3. The molecule has 1 unspecified atom stereocenters. The lowest BCUT2D eigenvalue weighted by Crippen LogP contribution is -2.37. The second kappa shape index (κ2) is 7.27. The number of hydrogen-bond donors (Lipinski definition) is 1. The first kappa shape index (κ1) is 16.3. The van der Waals surface area contributed by atoms with Gasteiger partial charge in [0.2, 0.25) is 10.0 Å². The van der Waals surface area contributed by atoms with E-state index in [1.54, 1.807) is 12.1 Å². The molecule has 0 aromatic heterocycles. The molecule has 0 fully saturated rings. The average molecular weight is 344 g/mol. The first-order valence-corrected chi connectivity index (χ1v) is 8.78. The Morgan fingerprint density at radius 1 is 1.00 bits per heavy atom. The van der Waals surface area contributed by atoms with Crippen LogP contribution in [0, 0.1) is 0 Å². The van der Waals surface area contributed by atoms with Gasteiger partial charge in [-0.05, 0) is 36.2 Å². The van der Waals surface area contributed by atoms with Gasteiger partial charge in [0, 0.05) is 16.9 Å². The number of alkyl halides is 1.